The van der Waals surface area contributed by atoms with Crippen molar-refractivity contribution in [1.82, 2.24) is 19.9 Å². The molecular formula is C25H23N5O5. The first-order valence-electron chi connectivity index (χ1n) is 11.2. The van der Waals surface area contributed by atoms with Gasteiger partial charge in [-0.05, 0) is 62.2 Å². The van der Waals surface area contributed by atoms with Gasteiger partial charge in [-0.2, -0.15) is 4.98 Å². The summed E-state index contributed by atoms with van der Waals surface area (Å²) >= 11 is 0. The zero-order chi connectivity index (χ0) is 24.5. The van der Waals surface area contributed by atoms with Crippen LogP contribution in [0.15, 0.2) is 64.0 Å². The third-order valence-electron chi connectivity index (χ3n) is 6.11. The minimum atomic E-state index is -0.921. The second kappa shape index (κ2) is 9.05. The Hall–Kier alpha value is -4.47. The molecule has 1 amide bonds. The molecule has 0 spiro atoms. The van der Waals surface area contributed by atoms with Crippen LogP contribution in [0.3, 0.4) is 0 Å². The molecule has 0 unspecified atom stereocenters. The van der Waals surface area contributed by atoms with Crippen LogP contribution in [0.5, 0.6) is 0 Å². The van der Waals surface area contributed by atoms with Crippen molar-refractivity contribution in [2.45, 2.75) is 32.4 Å². The van der Waals surface area contributed by atoms with Gasteiger partial charge in [0.25, 0.3) is 11.5 Å². The summed E-state index contributed by atoms with van der Waals surface area (Å²) in [5, 5.41) is 13.0. The first-order valence-corrected chi connectivity index (χ1v) is 11.2. The molecule has 35 heavy (non-hydrogen) atoms. The van der Waals surface area contributed by atoms with E-state index in [-0.39, 0.29) is 24.0 Å². The van der Waals surface area contributed by atoms with Gasteiger partial charge in [0.05, 0.1) is 24.2 Å². The molecule has 10 nitrogen and oxygen atoms in total. The maximum absolute atomic E-state index is 12.9. The number of carbonyl (C=O) groups excluding carboxylic acids is 1. The minimum Gasteiger partial charge on any atom is -0.480 e. The lowest BCUT2D eigenvalue weighted by atomic mass is 10.1. The number of carboxylic acids is 1. The normalized spacial score (nSPS) is 15.5. The van der Waals surface area contributed by atoms with E-state index in [1.807, 2.05) is 0 Å². The summed E-state index contributed by atoms with van der Waals surface area (Å²) in [7, 11) is 0. The molecule has 0 bridgehead atoms. The largest absolute Gasteiger partial charge is 0.480 e. The van der Waals surface area contributed by atoms with E-state index < -0.39 is 12.0 Å². The van der Waals surface area contributed by atoms with E-state index >= 15 is 0 Å². The molecule has 4 aromatic rings. The maximum Gasteiger partial charge on any atom is 0.326 e. The topological polar surface area (TPSA) is 131 Å². The smallest absolute Gasteiger partial charge is 0.326 e. The Kier molecular flexibility index (Phi) is 5.77. The fraction of sp³-hybridized carbons (Fsp3) is 0.240. The van der Waals surface area contributed by atoms with Crippen molar-refractivity contribution in [3.63, 3.8) is 0 Å². The van der Waals surface area contributed by atoms with Gasteiger partial charge in [0.2, 0.25) is 5.95 Å². The number of rotatable bonds is 6. The van der Waals surface area contributed by atoms with Crippen LogP contribution < -0.4 is 15.8 Å². The molecule has 4 heterocycles. The number of furan rings is 1. The van der Waals surface area contributed by atoms with E-state index in [9.17, 15) is 19.5 Å². The Labute approximate surface area is 199 Å². The molecular weight excluding hydrogens is 450 g/mol. The van der Waals surface area contributed by atoms with Gasteiger partial charge in [-0.25, -0.2) is 9.78 Å². The predicted molar refractivity (Wildman–Crippen MR) is 128 cm³/mol. The van der Waals surface area contributed by atoms with E-state index in [1.165, 1.54) is 10.6 Å². The van der Waals surface area contributed by atoms with Crippen LogP contribution in [0.25, 0.3) is 16.7 Å². The zero-order valence-electron chi connectivity index (χ0n) is 19.0. The second-order valence-electron chi connectivity index (χ2n) is 8.35. The maximum atomic E-state index is 12.9. The van der Waals surface area contributed by atoms with Crippen molar-refractivity contribution >= 4 is 28.9 Å². The number of anilines is 1. The molecule has 0 saturated carbocycles. The summed E-state index contributed by atoms with van der Waals surface area (Å²) < 4.78 is 6.67. The van der Waals surface area contributed by atoms with Crippen LogP contribution in [-0.2, 0) is 11.3 Å². The number of hydrogen-bond donors (Lipinski definition) is 2. The average molecular weight is 473 g/mol. The number of carboxylic acid groups (broad SMARTS) is 1. The zero-order valence-corrected chi connectivity index (χ0v) is 19.0. The predicted octanol–water partition coefficient (Wildman–Crippen LogP) is 2.67. The van der Waals surface area contributed by atoms with Crippen molar-refractivity contribution in [1.29, 1.82) is 0 Å². The summed E-state index contributed by atoms with van der Waals surface area (Å²) in [5.74, 6) is -0.262. The van der Waals surface area contributed by atoms with Gasteiger partial charge in [-0.1, -0.05) is 0 Å². The molecule has 2 N–H and O–H groups in total. The highest BCUT2D eigenvalue weighted by Gasteiger charge is 2.32. The lowest BCUT2D eigenvalue weighted by molar-refractivity contribution is -0.138. The summed E-state index contributed by atoms with van der Waals surface area (Å²) in [4.78, 5) is 47.9. The molecule has 5 rings (SSSR count). The number of aliphatic carboxylic acids is 1. The fourth-order valence-electron chi connectivity index (χ4n) is 4.34. The number of carbonyl (C=O) groups is 2. The number of aromatic nitrogens is 3. The second-order valence-corrected chi connectivity index (χ2v) is 8.35. The summed E-state index contributed by atoms with van der Waals surface area (Å²) in [6.45, 7) is 2.60. The number of fused-ring (bicyclic) bond motifs is 1. The van der Waals surface area contributed by atoms with Gasteiger partial charge in [-0.15, -0.1) is 0 Å². The average Bonchev–Trinajstić information content (AvgIpc) is 3.55. The van der Waals surface area contributed by atoms with Gasteiger partial charge < -0.3 is 19.7 Å². The molecule has 1 aliphatic heterocycles. The van der Waals surface area contributed by atoms with Gasteiger partial charge in [0, 0.05) is 23.6 Å². The fourth-order valence-corrected chi connectivity index (χ4v) is 4.34. The van der Waals surface area contributed by atoms with Crippen LogP contribution in [-0.4, -0.2) is 44.1 Å². The molecule has 1 aliphatic rings. The number of hydrogen-bond acceptors (Lipinski definition) is 7. The standard InChI is InChI=1S/C25H23N5O5/c1-15-19-10-11-21(31)30(22(19)28-25(27-15)29-12-2-5-20(29)24(33)34)17-8-6-16(7-9-17)23(32)26-14-18-4-3-13-35-18/h3-4,6-11,13,20H,2,5,12,14H2,1H3,(H,26,32)(H,33,34)/t20-/m0/s1. The molecule has 1 aromatic carbocycles. The highest BCUT2D eigenvalue weighted by molar-refractivity contribution is 5.94. The van der Waals surface area contributed by atoms with Gasteiger partial charge >= 0.3 is 5.97 Å². The summed E-state index contributed by atoms with van der Waals surface area (Å²) in [6.07, 6.45) is 2.78. The van der Waals surface area contributed by atoms with E-state index in [4.69, 9.17) is 4.42 Å². The molecule has 1 atom stereocenters. The van der Waals surface area contributed by atoms with E-state index in [1.54, 1.807) is 60.6 Å². The van der Waals surface area contributed by atoms with Gasteiger partial charge in [0.15, 0.2) is 5.65 Å². The third kappa shape index (κ3) is 4.25. The highest BCUT2D eigenvalue weighted by atomic mass is 16.4. The van der Waals surface area contributed by atoms with Crippen LogP contribution in [0.2, 0.25) is 0 Å². The highest BCUT2D eigenvalue weighted by Crippen LogP contribution is 2.26. The van der Waals surface area contributed by atoms with Crippen molar-refractivity contribution in [2.24, 2.45) is 0 Å². The van der Waals surface area contributed by atoms with E-state index in [0.29, 0.717) is 46.7 Å². The summed E-state index contributed by atoms with van der Waals surface area (Å²) in [6, 6.07) is 12.6. The first-order chi connectivity index (χ1) is 16.9. The Morgan fingerprint density at radius 1 is 1.14 bits per heavy atom. The van der Waals surface area contributed by atoms with Crippen molar-refractivity contribution in [2.75, 3.05) is 11.4 Å². The Morgan fingerprint density at radius 2 is 1.94 bits per heavy atom. The number of pyridine rings is 1. The van der Waals surface area contributed by atoms with Crippen molar-refractivity contribution in [3.8, 4) is 5.69 Å². The Balaban J connectivity index is 1.50. The number of nitrogens with one attached hydrogen (secondary N) is 1. The lowest BCUT2D eigenvalue weighted by Crippen LogP contribution is -2.37. The van der Waals surface area contributed by atoms with Crippen LogP contribution in [0, 0.1) is 6.92 Å². The SMILES string of the molecule is Cc1nc(N2CCC[C@H]2C(=O)O)nc2c1ccc(=O)n2-c1ccc(C(=O)NCc2ccco2)cc1. The number of nitrogens with zero attached hydrogens (tertiary/aromatic N) is 4. The quantitative estimate of drug-likeness (QED) is 0.437. The summed E-state index contributed by atoms with van der Waals surface area (Å²) in [5.41, 5.74) is 1.69. The minimum absolute atomic E-state index is 0.267. The molecule has 1 saturated heterocycles. The van der Waals surface area contributed by atoms with Crippen LogP contribution >= 0.6 is 0 Å². The van der Waals surface area contributed by atoms with Crippen molar-refractivity contribution in [3.05, 3.63) is 82.2 Å². The molecule has 178 valence electrons. The van der Waals surface area contributed by atoms with E-state index in [2.05, 4.69) is 15.3 Å². The molecule has 1 fully saturated rings. The van der Waals surface area contributed by atoms with E-state index in [0.717, 1.165) is 6.42 Å². The molecule has 10 heteroatoms. The Morgan fingerprint density at radius 3 is 2.66 bits per heavy atom. The van der Waals surface area contributed by atoms with Crippen LogP contribution in [0.1, 0.15) is 34.7 Å². The lowest BCUT2D eigenvalue weighted by Gasteiger charge is -2.22. The molecule has 0 radical (unpaired) electrons. The van der Waals surface area contributed by atoms with Crippen LogP contribution in [0.4, 0.5) is 5.95 Å². The monoisotopic (exact) mass is 473 g/mol. The molecule has 3 aromatic heterocycles. The first kappa shape index (κ1) is 22.3. The number of aryl methyl sites for hydroxylation is 1. The molecule has 0 aliphatic carbocycles. The Bertz CT molecular complexity index is 1460. The number of benzene rings is 1. The third-order valence-corrected chi connectivity index (χ3v) is 6.11. The van der Waals surface area contributed by atoms with Gasteiger partial charge in [0.1, 0.15) is 11.8 Å². The number of amides is 1. The van der Waals surface area contributed by atoms with Gasteiger partial charge in [-0.3, -0.25) is 14.2 Å². The van der Waals surface area contributed by atoms with Crippen molar-refractivity contribution < 1.29 is 19.1 Å².